The second-order valence-electron chi connectivity index (χ2n) is 2.21. The van der Waals surface area contributed by atoms with Crippen LogP contribution in [-0.2, 0) is 0 Å². The molecule has 0 fully saturated rings. The molecule has 2 nitrogen and oxygen atoms in total. The molecule has 0 amide bonds. The number of hydrogen-bond acceptors (Lipinski definition) is 4. The average Bonchev–Trinajstić information content (AvgIpc) is 2.77. The van der Waals surface area contributed by atoms with Gasteiger partial charge in [-0.3, -0.25) is 4.79 Å². The van der Waals surface area contributed by atoms with Gasteiger partial charge in [-0.05, 0) is 11.4 Å². The minimum absolute atomic E-state index is 0.0116. The summed E-state index contributed by atoms with van der Waals surface area (Å²) in [6, 6.07) is 1.81. The highest BCUT2D eigenvalue weighted by atomic mass is 32.1. The summed E-state index contributed by atoms with van der Waals surface area (Å²) in [4.78, 5) is 15.5. The van der Waals surface area contributed by atoms with E-state index < -0.39 is 0 Å². The molecule has 0 N–H and O–H groups in total. The molecule has 0 aromatic carbocycles. The number of hydrogen-bond donors (Lipinski definition) is 0. The van der Waals surface area contributed by atoms with Crippen molar-refractivity contribution < 1.29 is 4.79 Å². The summed E-state index contributed by atoms with van der Waals surface area (Å²) in [5, 5.41) is 5.49. The van der Waals surface area contributed by atoms with Crippen molar-refractivity contribution in [1.29, 1.82) is 0 Å². The van der Waals surface area contributed by atoms with Gasteiger partial charge in [-0.2, -0.15) is 11.3 Å². The van der Waals surface area contributed by atoms with Gasteiger partial charge in [-0.15, -0.1) is 11.3 Å². The molecule has 2 heterocycles. The summed E-state index contributed by atoms with van der Waals surface area (Å²) in [6.07, 6.45) is 0. The lowest BCUT2D eigenvalue weighted by molar-refractivity contribution is 0.103. The number of rotatable bonds is 2. The van der Waals surface area contributed by atoms with Crippen LogP contribution in [0.1, 0.15) is 16.1 Å². The molecule has 0 saturated carbocycles. The molecule has 0 aliphatic carbocycles. The first-order chi connectivity index (χ1) is 5.88. The summed E-state index contributed by atoms with van der Waals surface area (Å²) in [6.45, 7) is 0. The van der Waals surface area contributed by atoms with Crippen LogP contribution < -0.4 is 0 Å². The highest BCUT2D eigenvalue weighted by Crippen LogP contribution is 2.12. The highest BCUT2D eigenvalue weighted by molar-refractivity contribution is 7.08. The smallest absolute Gasteiger partial charge is 0.213 e. The number of ketones is 1. The Morgan fingerprint density at radius 1 is 1.33 bits per heavy atom. The van der Waals surface area contributed by atoms with E-state index in [0.29, 0.717) is 5.69 Å². The molecule has 0 aliphatic rings. The van der Waals surface area contributed by atoms with Crippen LogP contribution in [-0.4, -0.2) is 10.8 Å². The largest absolute Gasteiger partial charge is 0.287 e. The summed E-state index contributed by atoms with van der Waals surface area (Å²) in [5.74, 6) is 0.0116. The predicted molar refractivity (Wildman–Crippen MR) is 49.9 cm³/mol. The lowest BCUT2D eigenvalue weighted by Crippen LogP contribution is -1.98. The van der Waals surface area contributed by atoms with Gasteiger partial charge >= 0.3 is 0 Å². The maximum atomic E-state index is 11.5. The van der Waals surface area contributed by atoms with Gasteiger partial charge in [0.1, 0.15) is 5.69 Å². The van der Waals surface area contributed by atoms with Crippen LogP contribution in [0.4, 0.5) is 0 Å². The minimum atomic E-state index is 0.0116. The third-order valence-corrected chi connectivity index (χ3v) is 2.72. The Morgan fingerprint density at radius 3 is 2.83 bits per heavy atom. The summed E-state index contributed by atoms with van der Waals surface area (Å²) < 4.78 is 0. The van der Waals surface area contributed by atoms with Crippen LogP contribution >= 0.6 is 22.7 Å². The molecule has 0 atom stereocenters. The van der Waals surface area contributed by atoms with Crippen molar-refractivity contribution in [1.82, 2.24) is 4.98 Å². The molecular formula is C8H5NOS2. The Bertz CT molecular complexity index is 327. The number of aromatic nitrogens is 1. The van der Waals surface area contributed by atoms with Gasteiger partial charge in [0.2, 0.25) is 5.78 Å². The Balaban J connectivity index is 2.34. The van der Waals surface area contributed by atoms with Crippen molar-refractivity contribution in [3.63, 3.8) is 0 Å². The van der Waals surface area contributed by atoms with Crippen LogP contribution in [0, 0.1) is 0 Å². The molecule has 0 aliphatic heterocycles. The fraction of sp³-hybridized carbons (Fsp3) is 0. The molecule has 0 bridgehead atoms. The van der Waals surface area contributed by atoms with Crippen molar-refractivity contribution in [2.45, 2.75) is 0 Å². The molecule has 4 heteroatoms. The van der Waals surface area contributed by atoms with Gasteiger partial charge in [0, 0.05) is 16.3 Å². The summed E-state index contributed by atoms with van der Waals surface area (Å²) in [5.41, 5.74) is 2.93. The highest BCUT2D eigenvalue weighted by Gasteiger charge is 2.10. The number of carbonyl (C=O) groups is 1. The van der Waals surface area contributed by atoms with Gasteiger partial charge in [0.25, 0.3) is 0 Å². The van der Waals surface area contributed by atoms with Gasteiger partial charge in [0.05, 0.1) is 5.51 Å². The van der Waals surface area contributed by atoms with E-state index >= 15 is 0 Å². The van der Waals surface area contributed by atoms with E-state index in [2.05, 4.69) is 4.98 Å². The first-order valence-corrected chi connectivity index (χ1v) is 5.21. The van der Waals surface area contributed by atoms with Crippen molar-refractivity contribution in [2.75, 3.05) is 0 Å². The average molecular weight is 195 g/mol. The van der Waals surface area contributed by atoms with Gasteiger partial charge in [0.15, 0.2) is 0 Å². The van der Waals surface area contributed by atoms with Crippen LogP contribution in [0.2, 0.25) is 0 Å². The standard InChI is InChI=1S/C8H5NOS2/c10-8(6-1-2-11-3-6)7-4-12-5-9-7/h1-5H. The second-order valence-corrected chi connectivity index (χ2v) is 3.71. The lowest BCUT2D eigenvalue weighted by Gasteiger charge is -1.89. The van der Waals surface area contributed by atoms with Crippen LogP contribution in [0.3, 0.4) is 0 Å². The maximum Gasteiger partial charge on any atom is 0.213 e. The zero-order valence-corrected chi connectivity index (χ0v) is 7.69. The lowest BCUT2D eigenvalue weighted by atomic mass is 10.2. The van der Waals surface area contributed by atoms with Gasteiger partial charge < -0.3 is 0 Å². The molecule has 0 unspecified atom stereocenters. The Hall–Kier alpha value is -1.00. The quantitative estimate of drug-likeness (QED) is 0.689. The first kappa shape index (κ1) is 7.64. The molecule has 2 rings (SSSR count). The monoisotopic (exact) mass is 195 g/mol. The Morgan fingerprint density at radius 2 is 2.25 bits per heavy atom. The molecule has 0 spiro atoms. The molecule has 12 heavy (non-hydrogen) atoms. The SMILES string of the molecule is O=C(c1ccsc1)c1cscn1. The fourth-order valence-corrected chi connectivity index (χ4v) is 2.03. The zero-order valence-electron chi connectivity index (χ0n) is 6.06. The number of carbonyl (C=O) groups excluding carboxylic acids is 1. The minimum Gasteiger partial charge on any atom is -0.287 e. The van der Waals surface area contributed by atoms with Gasteiger partial charge in [-0.25, -0.2) is 4.98 Å². The maximum absolute atomic E-state index is 11.5. The first-order valence-electron chi connectivity index (χ1n) is 3.33. The number of thiophene rings is 1. The number of thiazole rings is 1. The summed E-state index contributed by atoms with van der Waals surface area (Å²) >= 11 is 2.96. The van der Waals surface area contributed by atoms with E-state index in [0.717, 1.165) is 5.56 Å². The van der Waals surface area contributed by atoms with Crippen LogP contribution in [0.5, 0.6) is 0 Å². The van der Waals surface area contributed by atoms with Crippen molar-refractivity contribution in [3.8, 4) is 0 Å². The molecule has 2 aromatic heterocycles. The van der Waals surface area contributed by atoms with E-state index in [1.807, 2.05) is 16.8 Å². The van der Waals surface area contributed by atoms with E-state index in [9.17, 15) is 4.79 Å². The fourth-order valence-electron chi connectivity index (χ4n) is 0.866. The van der Waals surface area contributed by atoms with Crippen LogP contribution in [0.15, 0.2) is 27.7 Å². The Labute approximate surface area is 77.5 Å². The van der Waals surface area contributed by atoms with E-state index in [1.54, 1.807) is 10.9 Å². The zero-order chi connectivity index (χ0) is 8.39. The third-order valence-electron chi connectivity index (χ3n) is 1.45. The van der Waals surface area contributed by atoms with E-state index in [4.69, 9.17) is 0 Å². The molecular weight excluding hydrogens is 190 g/mol. The third kappa shape index (κ3) is 1.31. The predicted octanol–water partition coefficient (Wildman–Crippen LogP) is 2.44. The van der Waals surface area contributed by atoms with E-state index in [-0.39, 0.29) is 5.78 Å². The van der Waals surface area contributed by atoms with E-state index in [1.165, 1.54) is 22.7 Å². The van der Waals surface area contributed by atoms with Crippen molar-refractivity contribution >= 4 is 28.5 Å². The normalized spacial score (nSPS) is 10.0. The second kappa shape index (κ2) is 3.16. The molecule has 60 valence electrons. The molecule has 0 saturated heterocycles. The van der Waals surface area contributed by atoms with Crippen molar-refractivity contribution in [2.24, 2.45) is 0 Å². The molecule has 0 radical (unpaired) electrons. The molecule has 2 aromatic rings. The van der Waals surface area contributed by atoms with Crippen LogP contribution in [0.25, 0.3) is 0 Å². The summed E-state index contributed by atoms with van der Waals surface area (Å²) in [7, 11) is 0. The number of nitrogens with zero attached hydrogens (tertiary/aromatic N) is 1. The Kier molecular flexibility index (Phi) is 2.01. The van der Waals surface area contributed by atoms with Crippen molar-refractivity contribution in [3.05, 3.63) is 39.0 Å². The topological polar surface area (TPSA) is 30.0 Å². The van der Waals surface area contributed by atoms with Gasteiger partial charge in [-0.1, -0.05) is 0 Å².